The van der Waals surface area contributed by atoms with E-state index < -0.39 is 0 Å². The number of aromatic amines is 1. The Morgan fingerprint density at radius 2 is 2.19 bits per heavy atom. The molecule has 1 amide bonds. The normalized spacial score (nSPS) is 15.5. The third-order valence-electron chi connectivity index (χ3n) is 4.01. The second kappa shape index (κ2) is 8.01. The van der Waals surface area contributed by atoms with Crippen molar-refractivity contribution in [2.24, 2.45) is 0 Å². The minimum absolute atomic E-state index is 0.00932. The number of fused-ring (bicyclic) bond motifs is 1. The van der Waals surface area contributed by atoms with Crippen LogP contribution in [0.4, 0.5) is 0 Å². The molecule has 3 heterocycles. The Morgan fingerprint density at radius 1 is 1.33 bits per heavy atom. The molecule has 1 aromatic carbocycles. The van der Waals surface area contributed by atoms with Gasteiger partial charge in [0.15, 0.2) is 23.4 Å². The van der Waals surface area contributed by atoms with E-state index in [1.165, 1.54) is 11.8 Å². The summed E-state index contributed by atoms with van der Waals surface area (Å²) in [5.74, 6) is 2.43. The fourth-order valence-electron chi connectivity index (χ4n) is 2.63. The summed E-state index contributed by atoms with van der Waals surface area (Å²) >= 11 is 2.90. The first-order chi connectivity index (χ1) is 13.2. The minimum atomic E-state index is -0.187. The standard InChI is InChI=1S/C18H18N4O3S2/c1-22(9-12-10-24-13-5-2-3-6-14(13)25-12)16(23)11-27-18-19-17(20-21-18)15-7-4-8-26-15/h2-8,12H,9-11H2,1H3,(H,19,20,21)/t12-/m0/s1. The van der Waals surface area contributed by atoms with Crippen LogP contribution in [0.5, 0.6) is 11.5 Å². The van der Waals surface area contributed by atoms with Crippen molar-refractivity contribution in [3.63, 3.8) is 0 Å². The SMILES string of the molecule is CN(C[C@H]1COc2ccccc2O1)C(=O)CSc1n[nH]c(-c2cccs2)n1. The zero-order valence-electron chi connectivity index (χ0n) is 14.6. The highest BCUT2D eigenvalue weighted by Gasteiger charge is 2.24. The van der Waals surface area contributed by atoms with Crippen molar-refractivity contribution in [2.75, 3.05) is 26.0 Å². The molecule has 0 radical (unpaired) electrons. The Morgan fingerprint density at radius 3 is 3.00 bits per heavy atom. The van der Waals surface area contributed by atoms with Crippen molar-refractivity contribution in [3.8, 4) is 22.2 Å². The first-order valence-electron chi connectivity index (χ1n) is 8.40. The second-order valence-electron chi connectivity index (χ2n) is 6.00. The van der Waals surface area contributed by atoms with Gasteiger partial charge in [-0.15, -0.1) is 16.4 Å². The molecule has 140 valence electrons. The number of H-pyrrole nitrogens is 1. The number of thioether (sulfide) groups is 1. The largest absolute Gasteiger partial charge is 0.486 e. The van der Waals surface area contributed by atoms with Crippen LogP contribution >= 0.6 is 23.1 Å². The number of nitrogens with zero attached hydrogens (tertiary/aromatic N) is 3. The highest BCUT2D eigenvalue weighted by molar-refractivity contribution is 7.99. The number of nitrogens with one attached hydrogen (secondary N) is 1. The summed E-state index contributed by atoms with van der Waals surface area (Å²) in [6.07, 6.45) is -0.187. The lowest BCUT2D eigenvalue weighted by Crippen LogP contribution is -2.42. The van der Waals surface area contributed by atoms with Crippen LogP contribution in [0.2, 0.25) is 0 Å². The predicted octanol–water partition coefficient (Wildman–Crippen LogP) is 2.92. The number of hydrogen-bond acceptors (Lipinski definition) is 7. The summed E-state index contributed by atoms with van der Waals surface area (Å²) in [7, 11) is 1.77. The molecule has 0 saturated carbocycles. The summed E-state index contributed by atoms with van der Waals surface area (Å²) in [6.45, 7) is 0.884. The van der Waals surface area contributed by atoms with Gasteiger partial charge in [-0.2, -0.15) is 0 Å². The zero-order chi connectivity index (χ0) is 18.6. The molecule has 0 aliphatic carbocycles. The van der Waals surface area contributed by atoms with Crippen LogP contribution in [-0.2, 0) is 4.79 Å². The Kier molecular flexibility index (Phi) is 5.30. The summed E-state index contributed by atoms with van der Waals surface area (Å²) < 4.78 is 11.6. The van der Waals surface area contributed by atoms with Crippen LogP contribution in [0.1, 0.15) is 0 Å². The number of carbonyl (C=O) groups excluding carboxylic acids is 1. The number of amides is 1. The maximum Gasteiger partial charge on any atom is 0.232 e. The van der Waals surface area contributed by atoms with Crippen molar-refractivity contribution >= 4 is 29.0 Å². The lowest BCUT2D eigenvalue weighted by molar-refractivity contribution is -0.128. The number of carbonyl (C=O) groups is 1. The molecule has 2 aromatic heterocycles. The van der Waals surface area contributed by atoms with Crippen LogP contribution in [0, 0.1) is 0 Å². The van der Waals surface area contributed by atoms with E-state index in [1.807, 2.05) is 41.8 Å². The zero-order valence-corrected chi connectivity index (χ0v) is 16.3. The number of likely N-dealkylation sites (N-methyl/N-ethyl adjacent to an activating group) is 1. The van der Waals surface area contributed by atoms with Crippen molar-refractivity contribution in [3.05, 3.63) is 41.8 Å². The lowest BCUT2D eigenvalue weighted by Gasteiger charge is -2.29. The highest BCUT2D eigenvalue weighted by atomic mass is 32.2. The number of rotatable bonds is 6. The summed E-state index contributed by atoms with van der Waals surface area (Å²) in [5.41, 5.74) is 0. The Balaban J connectivity index is 1.27. The van der Waals surface area contributed by atoms with Gasteiger partial charge in [0.1, 0.15) is 6.61 Å². The molecule has 1 aliphatic heterocycles. The quantitative estimate of drug-likeness (QED) is 0.639. The summed E-state index contributed by atoms with van der Waals surface area (Å²) in [6, 6.07) is 11.5. The van der Waals surface area contributed by atoms with Crippen molar-refractivity contribution < 1.29 is 14.3 Å². The van der Waals surface area contributed by atoms with Gasteiger partial charge in [-0.3, -0.25) is 9.89 Å². The van der Waals surface area contributed by atoms with E-state index in [4.69, 9.17) is 9.47 Å². The van der Waals surface area contributed by atoms with E-state index >= 15 is 0 Å². The topological polar surface area (TPSA) is 80.3 Å². The van der Waals surface area contributed by atoms with Gasteiger partial charge in [0.05, 0.1) is 17.2 Å². The molecule has 1 aliphatic rings. The van der Waals surface area contributed by atoms with Crippen LogP contribution in [-0.4, -0.2) is 58.0 Å². The summed E-state index contributed by atoms with van der Waals surface area (Å²) in [5, 5.41) is 9.61. The molecule has 4 rings (SSSR count). The van der Waals surface area contributed by atoms with Crippen LogP contribution in [0.15, 0.2) is 46.9 Å². The molecule has 7 nitrogen and oxygen atoms in total. The van der Waals surface area contributed by atoms with Gasteiger partial charge in [-0.05, 0) is 23.6 Å². The molecule has 3 aromatic rings. The van der Waals surface area contributed by atoms with Crippen molar-refractivity contribution in [2.45, 2.75) is 11.3 Å². The number of aromatic nitrogens is 3. The van der Waals surface area contributed by atoms with E-state index in [1.54, 1.807) is 23.3 Å². The lowest BCUT2D eigenvalue weighted by atomic mass is 10.2. The van der Waals surface area contributed by atoms with Crippen LogP contribution in [0.3, 0.4) is 0 Å². The minimum Gasteiger partial charge on any atom is -0.486 e. The van der Waals surface area contributed by atoms with Gasteiger partial charge in [0, 0.05) is 7.05 Å². The molecule has 0 bridgehead atoms. The van der Waals surface area contributed by atoms with Crippen molar-refractivity contribution in [1.82, 2.24) is 20.1 Å². The molecule has 1 N–H and O–H groups in total. The average molecular weight is 403 g/mol. The van der Waals surface area contributed by atoms with Gasteiger partial charge >= 0.3 is 0 Å². The number of thiophene rings is 1. The van der Waals surface area contributed by atoms with E-state index in [0.717, 1.165) is 16.5 Å². The van der Waals surface area contributed by atoms with Gasteiger partial charge in [-0.1, -0.05) is 30.0 Å². The first-order valence-corrected chi connectivity index (χ1v) is 10.3. The van der Waals surface area contributed by atoms with Gasteiger partial charge in [-0.25, -0.2) is 4.98 Å². The van der Waals surface area contributed by atoms with E-state index in [0.29, 0.717) is 24.1 Å². The molecular formula is C18H18N4O3S2. The fraction of sp³-hybridized carbons (Fsp3) is 0.278. The van der Waals surface area contributed by atoms with E-state index in [2.05, 4.69) is 15.2 Å². The Bertz CT molecular complexity index is 913. The Hall–Kier alpha value is -2.52. The van der Waals surface area contributed by atoms with Gasteiger partial charge in [0.25, 0.3) is 0 Å². The molecule has 1 atom stereocenters. The number of benzene rings is 1. The molecule has 9 heteroatoms. The predicted molar refractivity (Wildman–Crippen MR) is 104 cm³/mol. The summed E-state index contributed by atoms with van der Waals surface area (Å²) in [4.78, 5) is 19.5. The average Bonchev–Trinajstić information content (AvgIpc) is 3.37. The molecule has 0 saturated heterocycles. The second-order valence-corrected chi connectivity index (χ2v) is 7.89. The molecule has 0 unspecified atom stereocenters. The smallest absolute Gasteiger partial charge is 0.232 e. The van der Waals surface area contributed by atoms with E-state index in [9.17, 15) is 4.79 Å². The molecule has 0 spiro atoms. The van der Waals surface area contributed by atoms with Gasteiger partial charge < -0.3 is 14.4 Å². The third-order valence-corrected chi connectivity index (χ3v) is 5.72. The molecule has 27 heavy (non-hydrogen) atoms. The monoisotopic (exact) mass is 402 g/mol. The first kappa shape index (κ1) is 17.9. The van der Waals surface area contributed by atoms with E-state index in [-0.39, 0.29) is 17.8 Å². The maximum absolute atomic E-state index is 12.4. The highest BCUT2D eigenvalue weighted by Crippen LogP contribution is 2.31. The molecule has 0 fully saturated rings. The maximum atomic E-state index is 12.4. The number of hydrogen-bond donors (Lipinski definition) is 1. The number of para-hydroxylation sites is 2. The van der Waals surface area contributed by atoms with Crippen LogP contribution in [0.25, 0.3) is 10.7 Å². The molecular weight excluding hydrogens is 384 g/mol. The third kappa shape index (κ3) is 4.25. The fourth-order valence-corrected chi connectivity index (χ4v) is 4.03. The number of ether oxygens (including phenoxy) is 2. The Labute approximate surface area is 164 Å². The van der Waals surface area contributed by atoms with Crippen LogP contribution < -0.4 is 9.47 Å². The van der Waals surface area contributed by atoms with Crippen molar-refractivity contribution in [1.29, 1.82) is 0 Å². The van der Waals surface area contributed by atoms with Gasteiger partial charge in [0.2, 0.25) is 11.1 Å².